The van der Waals surface area contributed by atoms with Gasteiger partial charge in [0.25, 0.3) is 0 Å². The van der Waals surface area contributed by atoms with Crippen molar-refractivity contribution in [3.63, 3.8) is 0 Å². The monoisotopic (exact) mass is 411 g/mol. The number of thioether (sulfide) groups is 1. The zero-order valence-corrected chi connectivity index (χ0v) is 17.0. The smallest absolute Gasteiger partial charge is 0.234 e. The number of aryl methyl sites for hydroxylation is 1. The molecule has 6 nitrogen and oxygen atoms in total. The van der Waals surface area contributed by atoms with Gasteiger partial charge in [-0.25, -0.2) is 4.39 Å². The minimum atomic E-state index is -0.335. The quantitative estimate of drug-likeness (QED) is 0.620. The molecule has 3 aromatic rings. The Bertz CT molecular complexity index is 981. The van der Waals surface area contributed by atoms with Crippen LogP contribution in [-0.2, 0) is 4.79 Å². The number of amides is 1. The number of carbonyl (C=O) groups is 1. The van der Waals surface area contributed by atoms with E-state index in [4.69, 9.17) is 0 Å². The van der Waals surface area contributed by atoms with Gasteiger partial charge in [0.15, 0.2) is 5.16 Å². The summed E-state index contributed by atoms with van der Waals surface area (Å²) in [5.74, 6) is 0.482. The molecule has 4 rings (SSSR count). The molecule has 0 aliphatic carbocycles. The molecule has 0 unspecified atom stereocenters. The van der Waals surface area contributed by atoms with Gasteiger partial charge in [-0.15, -0.1) is 10.2 Å². The van der Waals surface area contributed by atoms with Gasteiger partial charge >= 0.3 is 0 Å². The lowest BCUT2D eigenvalue weighted by Gasteiger charge is -2.18. The molecule has 1 fully saturated rings. The number of nitrogens with zero attached hydrogens (tertiary/aromatic N) is 4. The SMILES string of the molecule is Cc1ccc(-n2c(SCC(=O)Nc3ccc(F)cc3)nnc2N2CCCC2)cc1. The number of carbonyl (C=O) groups excluding carboxylic acids is 1. The van der Waals surface area contributed by atoms with Gasteiger partial charge in [-0.3, -0.25) is 9.36 Å². The maximum atomic E-state index is 13.0. The Morgan fingerprint density at radius 3 is 2.45 bits per heavy atom. The second-order valence-corrected chi connectivity index (χ2v) is 7.93. The van der Waals surface area contributed by atoms with Crippen LogP contribution in [0.2, 0.25) is 0 Å². The molecule has 1 N–H and O–H groups in total. The zero-order valence-electron chi connectivity index (χ0n) is 16.1. The fourth-order valence-electron chi connectivity index (χ4n) is 3.26. The van der Waals surface area contributed by atoms with Crippen LogP contribution in [0.25, 0.3) is 5.69 Å². The van der Waals surface area contributed by atoms with Crippen molar-refractivity contribution in [3.05, 3.63) is 59.9 Å². The van der Waals surface area contributed by atoms with Gasteiger partial charge in [-0.05, 0) is 56.2 Å². The van der Waals surface area contributed by atoms with E-state index >= 15 is 0 Å². The topological polar surface area (TPSA) is 63.1 Å². The first-order valence-electron chi connectivity index (χ1n) is 9.56. The maximum absolute atomic E-state index is 13.0. The van der Waals surface area contributed by atoms with Crippen molar-refractivity contribution < 1.29 is 9.18 Å². The molecule has 1 aromatic heterocycles. The number of nitrogens with one attached hydrogen (secondary N) is 1. The van der Waals surface area contributed by atoms with Crippen molar-refractivity contribution in [1.82, 2.24) is 14.8 Å². The molecular weight excluding hydrogens is 389 g/mol. The molecule has 2 heterocycles. The molecule has 0 bridgehead atoms. The number of benzene rings is 2. The second-order valence-electron chi connectivity index (χ2n) is 6.99. The predicted molar refractivity (Wildman–Crippen MR) is 113 cm³/mol. The molecule has 0 saturated carbocycles. The van der Waals surface area contributed by atoms with Gasteiger partial charge in [0.05, 0.1) is 11.4 Å². The van der Waals surface area contributed by atoms with Crippen molar-refractivity contribution in [2.24, 2.45) is 0 Å². The van der Waals surface area contributed by atoms with Crippen molar-refractivity contribution in [2.45, 2.75) is 24.9 Å². The minimum Gasteiger partial charge on any atom is -0.341 e. The normalized spacial score (nSPS) is 13.7. The van der Waals surface area contributed by atoms with E-state index in [0.29, 0.717) is 10.8 Å². The van der Waals surface area contributed by atoms with Crippen LogP contribution in [0.5, 0.6) is 0 Å². The van der Waals surface area contributed by atoms with Crippen molar-refractivity contribution >= 4 is 29.3 Å². The summed E-state index contributed by atoms with van der Waals surface area (Å²) < 4.78 is 15.0. The second kappa shape index (κ2) is 8.65. The largest absolute Gasteiger partial charge is 0.341 e. The Balaban J connectivity index is 1.52. The Labute approximate surface area is 173 Å². The molecule has 1 saturated heterocycles. The molecule has 29 heavy (non-hydrogen) atoms. The molecule has 0 atom stereocenters. The molecule has 0 spiro atoms. The highest BCUT2D eigenvalue weighted by Gasteiger charge is 2.22. The van der Waals surface area contributed by atoms with E-state index < -0.39 is 0 Å². The Morgan fingerprint density at radius 2 is 1.76 bits per heavy atom. The molecule has 1 aliphatic heterocycles. The van der Waals surface area contributed by atoms with E-state index in [2.05, 4.69) is 32.5 Å². The molecule has 2 aromatic carbocycles. The molecular formula is C21H22FN5OS. The van der Waals surface area contributed by atoms with Crippen LogP contribution < -0.4 is 10.2 Å². The highest BCUT2D eigenvalue weighted by molar-refractivity contribution is 7.99. The Kier molecular flexibility index (Phi) is 5.80. The van der Waals surface area contributed by atoms with Gasteiger partial charge < -0.3 is 10.2 Å². The lowest BCUT2D eigenvalue weighted by atomic mass is 10.2. The van der Waals surface area contributed by atoms with E-state index in [9.17, 15) is 9.18 Å². The van der Waals surface area contributed by atoms with Gasteiger partial charge in [-0.1, -0.05) is 29.5 Å². The van der Waals surface area contributed by atoms with Gasteiger partial charge in [0, 0.05) is 18.8 Å². The molecule has 1 amide bonds. The highest BCUT2D eigenvalue weighted by Crippen LogP contribution is 2.28. The number of rotatable bonds is 6. The fraction of sp³-hybridized carbons (Fsp3) is 0.286. The number of halogens is 1. The van der Waals surface area contributed by atoms with E-state index in [1.165, 1.54) is 41.6 Å². The third-order valence-corrected chi connectivity index (χ3v) is 5.69. The lowest BCUT2D eigenvalue weighted by Crippen LogP contribution is -2.22. The molecule has 0 radical (unpaired) electrons. The fourth-order valence-corrected chi connectivity index (χ4v) is 4.00. The summed E-state index contributed by atoms with van der Waals surface area (Å²) in [7, 11) is 0. The lowest BCUT2D eigenvalue weighted by molar-refractivity contribution is -0.113. The summed E-state index contributed by atoms with van der Waals surface area (Å²) in [4.78, 5) is 14.6. The first-order chi connectivity index (χ1) is 14.1. The minimum absolute atomic E-state index is 0.178. The maximum Gasteiger partial charge on any atom is 0.234 e. The van der Waals surface area contributed by atoms with Crippen LogP contribution in [0.1, 0.15) is 18.4 Å². The van der Waals surface area contributed by atoms with Crippen LogP contribution in [-0.4, -0.2) is 39.5 Å². The Morgan fingerprint density at radius 1 is 1.07 bits per heavy atom. The van der Waals surface area contributed by atoms with Gasteiger partial charge in [-0.2, -0.15) is 0 Å². The summed E-state index contributed by atoms with van der Waals surface area (Å²) in [6.07, 6.45) is 2.28. The van der Waals surface area contributed by atoms with Crippen molar-refractivity contribution in [3.8, 4) is 5.69 Å². The first kappa shape index (κ1) is 19.4. The predicted octanol–water partition coefficient (Wildman–Crippen LogP) is 4.05. The summed E-state index contributed by atoms with van der Waals surface area (Å²) in [6.45, 7) is 3.96. The van der Waals surface area contributed by atoms with Crippen molar-refractivity contribution in [1.29, 1.82) is 0 Å². The Hall–Kier alpha value is -2.87. The number of anilines is 2. The van der Waals surface area contributed by atoms with Crippen molar-refractivity contribution in [2.75, 3.05) is 29.1 Å². The average Bonchev–Trinajstić information content (AvgIpc) is 3.38. The van der Waals surface area contributed by atoms with Gasteiger partial charge in [0.2, 0.25) is 11.9 Å². The summed E-state index contributed by atoms with van der Waals surface area (Å²) in [5, 5.41) is 12.2. The van der Waals surface area contributed by atoms with Crippen LogP contribution in [0, 0.1) is 12.7 Å². The van der Waals surface area contributed by atoms with E-state index in [1.807, 2.05) is 23.6 Å². The number of hydrogen-bond donors (Lipinski definition) is 1. The van der Waals surface area contributed by atoms with Crippen LogP contribution in [0.15, 0.2) is 53.7 Å². The van der Waals surface area contributed by atoms with Crippen LogP contribution in [0.3, 0.4) is 0 Å². The third kappa shape index (κ3) is 4.59. The summed E-state index contributed by atoms with van der Waals surface area (Å²) in [5.41, 5.74) is 2.72. The van der Waals surface area contributed by atoms with E-state index in [1.54, 1.807) is 0 Å². The molecule has 150 valence electrons. The third-order valence-electron chi connectivity index (χ3n) is 4.76. The number of aromatic nitrogens is 3. The van der Waals surface area contributed by atoms with Crippen LogP contribution in [0.4, 0.5) is 16.0 Å². The number of hydrogen-bond acceptors (Lipinski definition) is 5. The summed E-state index contributed by atoms with van der Waals surface area (Å²) in [6, 6.07) is 13.9. The zero-order chi connectivity index (χ0) is 20.2. The van der Waals surface area contributed by atoms with E-state index in [0.717, 1.165) is 37.6 Å². The van der Waals surface area contributed by atoms with E-state index in [-0.39, 0.29) is 17.5 Å². The highest BCUT2D eigenvalue weighted by atomic mass is 32.2. The molecule has 8 heteroatoms. The van der Waals surface area contributed by atoms with Gasteiger partial charge in [0.1, 0.15) is 5.82 Å². The average molecular weight is 412 g/mol. The first-order valence-corrected chi connectivity index (χ1v) is 10.5. The van der Waals surface area contributed by atoms with Crippen LogP contribution >= 0.6 is 11.8 Å². The summed E-state index contributed by atoms with van der Waals surface area (Å²) >= 11 is 1.33. The molecule has 1 aliphatic rings. The standard InChI is InChI=1S/C21H22FN5OS/c1-15-4-10-18(11-5-15)27-20(26-12-2-3-13-26)24-25-21(27)29-14-19(28)23-17-8-6-16(22)7-9-17/h4-11H,2-3,12-14H2,1H3,(H,23,28).